The maximum absolute atomic E-state index is 11.8. The molecular formula is C13H17ClN2OS. The van der Waals surface area contributed by atoms with Crippen LogP contribution in [0.15, 0.2) is 29.6 Å². The molecule has 1 heterocycles. The highest BCUT2D eigenvalue weighted by Crippen LogP contribution is 2.21. The van der Waals surface area contributed by atoms with Crippen LogP contribution in [0.5, 0.6) is 0 Å². The molecule has 0 saturated heterocycles. The van der Waals surface area contributed by atoms with Crippen molar-refractivity contribution in [1.29, 1.82) is 0 Å². The lowest BCUT2D eigenvalue weighted by Crippen LogP contribution is -2.31. The third-order valence-corrected chi connectivity index (χ3v) is 3.45. The van der Waals surface area contributed by atoms with Gasteiger partial charge in [-0.25, -0.2) is 0 Å². The zero-order valence-electron chi connectivity index (χ0n) is 10.2. The molecule has 0 aliphatic rings. The minimum Gasteiger partial charge on any atom is -0.351 e. The van der Waals surface area contributed by atoms with E-state index in [1.54, 1.807) is 11.3 Å². The lowest BCUT2D eigenvalue weighted by Gasteiger charge is -2.05. The first-order valence-corrected chi connectivity index (χ1v) is 6.65. The molecule has 1 aromatic carbocycles. The van der Waals surface area contributed by atoms with Crippen molar-refractivity contribution >= 4 is 39.7 Å². The van der Waals surface area contributed by atoms with Crippen LogP contribution >= 0.6 is 23.7 Å². The molecule has 0 bridgehead atoms. The summed E-state index contributed by atoms with van der Waals surface area (Å²) < 4.78 is 1.22. The standard InChI is InChI=1S/C13H16N2OS.ClH/c1-2-14-6-7-15-13(16)11-3-4-12-10(9-11)5-8-17-12;/h3-5,8-9,14H,2,6-7H2,1H3,(H,15,16);1H. The SMILES string of the molecule is CCNCCNC(=O)c1ccc2sccc2c1.Cl. The lowest BCUT2D eigenvalue weighted by molar-refractivity contribution is 0.0954. The Labute approximate surface area is 117 Å². The van der Waals surface area contributed by atoms with Gasteiger partial charge in [0, 0.05) is 23.4 Å². The molecule has 2 rings (SSSR count). The molecule has 0 aliphatic carbocycles. The van der Waals surface area contributed by atoms with E-state index in [1.807, 2.05) is 36.6 Å². The van der Waals surface area contributed by atoms with E-state index >= 15 is 0 Å². The van der Waals surface area contributed by atoms with Crippen molar-refractivity contribution in [2.75, 3.05) is 19.6 Å². The Bertz CT molecular complexity index is 512. The van der Waals surface area contributed by atoms with Gasteiger partial charge in [0.05, 0.1) is 0 Å². The summed E-state index contributed by atoms with van der Waals surface area (Å²) in [6.45, 7) is 4.44. The second kappa shape index (κ2) is 7.36. The topological polar surface area (TPSA) is 41.1 Å². The fourth-order valence-electron chi connectivity index (χ4n) is 1.65. The van der Waals surface area contributed by atoms with Crippen LogP contribution in [0.4, 0.5) is 0 Å². The van der Waals surface area contributed by atoms with Crippen molar-refractivity contribution < 1.29 is 4.79 Å². The van der Waals surface area contributed by atoms with Gasteiger partial charge in [-0.1, -0.05) is 6.92 Å². The average molecular weight is 285 g/mol. The maximum Gasteiger partial charge on any atom is 0.251 e. The molecular weight excluding hydrogens is 268 g/mol. The number of nitrogens with one attached hydrogen (secondary N) is 2. The van der Waals surface area contributed by atoms with Gasteiger partial charge < -0.3 is 10.6 Å². The Morgan fingerprint density at radius 2 is 2.11 bits per heavy atom. The summed E-state index contributed by atoms with van der Waals surface area (Å²) in [7, 11) is 0. The van der Waals surface area contributed by atoms with E-state index in [0.29, 0.717) is 6.54 Å². The first kappa shape index (κ1) is 15.0. The monoisotopic (exact) mass is 284 g/mol. The van der Waals surface area contributed by atoms with Crippen molar-refractivity contribution in [3.63, 3.8) is 0 Å². The van der Waals surface area contributed by atoms with Crippen molar-refractivity contribution in [3.05, 3.63) is 35.2 Å². The number of rotatable bonds is 5. The third kappa shape index (κ3) is 3.70. The number of hydrogen-bond acceptors (Lipinski definition) is 3. The van der Waals surface area contributed by atoms with Crippen LogP contribution in [0.1, 0.15) is 17.3 Å². The molecule has 0 fully saturated rings. The second-order valence-corrected chi connectivity index (χ2v) is 4.73. The van der Waals surface area contributed by atoms with Gasteiger partial charge in [0.2, 0.25) is 0 Å². The normalized spacial score (nSPS) is 10.1. The van der Waals surface area contributed by atoms with Gasteiger partial charge in [-0.15, -0.1) is 23.7 Å². The zero-order valence-corrected chi connectivity index (χ0v) is 11.9. The molecule has 0 saturated carbocycles. The van der Waals surface area contributed by atoms with Gasteiger partial charge in [0.15, 0.2) is 0 Å². The Morgan fingerprint density at radius 1 is 1.28 bits per heavy atom. The number of hydrogen-bond donors (Lipinski definition) is 2. The number of fused-ring (bicyclic) bond motifs is 1. The fourth-order valence-corrected chi connectivity index (χ4v) is 2.42. The molecule has 2 N–H and O–H groups in total. The van der Waals surface area contributed by atoms with Gasteiger partial charge in [-0.3, -0.25) is 4.79 Å². The third-order valence-electron chi connectivity index (χ3n) is 2.55. The smallest absolute Gasteiger partial charge is 0.251 e. The first-order valence-electron chi connectivity index (χ1n) is 5.77. The number of benzene rings is 1. The first-order chi connectivity index (χ1) is 8.31. The predicted molar refractivity (Wildman–Crippen MR) is 79.9 cm³/mol. The van der Waals surface area contributed by atoms with Crippen LogP contribution in [0, 0.1) is 0 Å². The molecule has 2 aromatic rings. The van der Waals surface area contributed by atoms with Gasteiger partial charge in [0.25, 0.3) is 5.91 Å². The van der Waals surface area contributed by atoms with Crippen LogP contribution in [0.25, 0.3) is 10.1 Å². The van der Waals surface area contributed by atoms with E-state index in [2.05, 4.69) is 10.6 Å². The van der Waals surface area contributed by atoms with Crippen LogP contribution < -0.4 is 10.6 Å². The molecule has 0 spiro atoms. The van der Waals surface area contributed by atoms with Gasteiger partial charge >= 0.3 is 0 Å². The summed E-state index contributed by atoms with van der Waals surface area (Å²) in [6, 6.07) is 7.85. The lowest BCUT2D eigenvalue weighted by atomic mass is 10.1. The number of thiophene rings is 1. The van der Waals surface area contributed by atoms with E-state index in [0.717, 1.165) is 24.0 Å². The Balaban J connectivity index is 0.00000162. The molecule has 3 nitrogen and oxygen atoms in total. The van der Waals surface area contributed by atoms with Crippen molar-refractivity contribution in [1.82, 2.24) is 10.6 Å². The second-order valence-electron chi connectivity index (χ2n) is 3.78. The van der Waals surface area contributed by atoms with Crippen LogP contribution in [-0.2, 0) is 0 Å². The summed E-state index contributed by atoms with van der Waals surface area (Å²) in [5.41, 5.74) is 0.729. The van der Waals surface area contributed by atoms with E-state index in [4.69, 9.17) is 0 Å². The average Bonchev–Trinajstić information content (AvgIpc) is 2.81. The largest absolute Gasteiger partial charge is 0.351 e. The Morgan fingerprint density at radius 3 is 2.89 bits per heavy atom. The highest BCUT2D eigenvalue weighted by Gasteiger charge is 2.05. The van der Waals surface area contributed by atoms with Crippen molar-refractivity contribution in [2.24, 2.45) is 0 Å². The highest BCUT2D eigenvalue weighted by molar-refractivity contribution is 7.17. The van der Waals surface area contributed by atoms with Gasteiger partial charge in [-0.05, 0) is 41.6 Å². The molecule has 0 radical (unpaired) electrons. The van der Waals surface area contributed by atoms with Crippen LogP contribution in [0.3, 0.4) is 0 Å². The summed E-state index contributed by atoms with van der Waals surface area (Å²) in [5, 5.41) is 9.23. The zero-order chi connectivity index (χ0) is 12.1. The molecule has 0 unspecified atom stereocenters. The molecule has 0 atom stereocenters. The minimum atomic E-state index is -0.00370. The summed E-state index contributed by atoms with van der Waals surface area (Å²) in [4.78, 5) is 11.8. The summed E-state index contributed by atoms with van der Waals surface area (Å²) in [6.07, 6.45) is 0. The highest BCUT2D eigenvalue weighted by atomic mass is 35.5. The number of amides is 1. The van der Waals surface area contributed by atoms with E-state index in [9.17, 15) is 4.79 Å². The number of carbonyl (C=O) groups excluding carboxylic acids is 1. The van der Waals surface area contributed by atoms with Crippen LogP contribution in [-0.4, -0.2) is 25.5 Å². The molecule has 1 aromatic heterocycles. The van der Waals surface area contributed by atoms with E-state index in [1.165, 1.54) is 4.70 Å². The van der Waals surface area contributed by atoms with Gasteiger partial charge in [0.1, 0.15) is 0 Å². The molecule has 18 heavy (non-hydrogen) atoms. The summed E-state index contributed by atoms with van der Waals surface area (Å²) in [5.74, 6) is -0.00370. The fraction of sp³-hybridized carbons (Fsp3) is 0.308. The molecule has 0 aliphatic heterocycles. The van der Waals surface area contributed by atoms with Crippen molar-refractivity contribution in [2.45, 2.75) is 6.92 Å². The van der Waals surface area contributed by atoms with Gasteiger partial charge in [-0.2, -0.15) is 0 Å². The van der Waals surface area contributed by atoms with E-state index in [-0.39, 0.29) is 18.3 Å². The number of halogens is 1. The molecule has 5 heteroatoms. The van der Waals surface area contributed by atoms with Crippen LogP contribution in [0.2, 0.25) is 0 Å². The quantitative estimate of drug-likeness (QED) is 0.829. The Hall–Kier alpha value is -1.10. The molecule has 98 valence electrons. The number of likely N-dealkylation sites (N-methyl/N-ethyl adjacent to an activating group) is 1. The van der Waals surface area contributed by atoms with Crippen molar-refractivity contribution in [3.8, 4) is 0 Å². The predicted octanol–water partition coefficient (Wildman–Crippen LogP) is 2.66. The summed E-state index contributed by atoms with van der Waals surface area (Å²) >= 11 is 1.69. The minimum absolute atomic E-state index is 0. The Kier molecular flexibility index (Phi) is 6.12. The van der Waals surface area contributed by atoms with E-state index < -0.39 is 0 Å². The maximum atomic E-state index is 11.8. The molecule has 1 amide bonds. The number of carbonyl (C=O) groups is 1.